The van der Waals surface area contributed by atoms with Crippen LogP contribution in [0.15, 0.2) is 73.4 Å². The highest BCUT2D eigenvalue weighted by atomic mass is 32.2. The van der Waals surface area contributed by atoms with E-state index in [2.05, 4.69) is 26.9 Å². The van der Waals surface area contributed by atoms with Gasteiger partial charge in [-0.15, -0.1) is 6.58 Å². The van der Waals surface area contributed by atoms with E-state index in [1.165, 1.54) is 18.1 Å². The molecule has 1 saturated heterocycles. The molecule has 2 saturated carbocycles. The first-order chi connectivity index (χ1) is 24.7. The number of carbonyl (C=O) groups excluding carboxylic acids is 4. The summed E-state index contributed by atoms with van der Waals surface area (Å²) in [6, 6.07) is 13.6. The van der Waals surface area contributed by atoms with E-state index >= 15 is 0 Å². The van der Waals surface area contributed by atoms with Crippen molar-refractivity contribution >= 4 is 44.6 Å². The Morgan fingerprint density at radius 3 is 2.38 bits per heavy atom. The maximum absolute atomic E-state index is 14.5. The minimum Gasteiger partial charge on any atom is -0.493 e. The van der Waals surface area contributed by atoms with Crippen LogP contribution in [0.4, 0.5) is 4.79 Å². The van der Waals surface area contributed by atoms with Crippen molar-refractivity contribution in [1.82, 2.24) is 25.2 Å². The number of ether oxygens (including phenoxy) is 3. The fourth-order valence-corrected chi connectivity index (χ4v) is 7.87. The molecule has 4 amide bonds. The zero-order valence-electron chi connectivity index (χ0n) is 29.5. The van der Waals surface area contributed by atoms with E-state index in [0.29, 0.717) is 24.5 Å². The minimum atomic E-state index is -3.90. The Morgan fingerprint density at radius 2 is 1.73 bits per heavy atom. The van der Waals surface area contributed by atoms with Crippen molar-refractivity contribution in [2.75, 3.05) is 13.7 Å². The van der Waals surface area contributed by atoms with E-state index in [1.54, 1.807) is 51.2 Å². The van der Waals surface area contributed by atoms with Crippen LogP contribution in [0, 0.1) is 11.3 Å². The predicted molar refractivity (Wildman–Crippen MR) is 191 cm³/mol. The van der Waals surface area contributed by atoms with E-state index in [-0.39, 0.29) is 25.1 Å². The number of sulfonamides is 1. The Bertz CT molecular complexity index is 2010. The van der Waals surface area contributed by atoms with Gasteiger partial charge in [-0.25, -0.2) is 18.2 Å². The molecular weight excluding hydrogens is 691 g/mol. The molecule has 1 aliphatic heterocycles. The van der Waals surface area contributed by atoms with Crippen molar-refractivity contribution in [3.05, 3.63) is 73.4 Å². The Labute approximate surface area is 302 Å². The Kier molecular flexibility index (Phi) is 9.92. The van der Waals surface area contributed by atoms with Crippen LogP contribution in [0.1, 0.15) is 46.5 Å². The summed E-state index contributed by atoms with van der Waals surface area (Å²) in [7, 11) is -2.47. The number of methoxy groups -OCH3 is 1. The van der Waals surface area contributed by atoms with Crippen molar-refractivity contribution in [1.29, 1.82) is 0 Å². The van der Waals surface area contributed by atoms with Crippen molar-refractivity contribution in [2.24, 2.45) is 11.3 Å². The van der Waals surface area contributed by atoms with Gasteiger partial charge in [-0.1, -0.05) is 57.2 Å². The molecule has 0 radical (unpaired) electrons. The van der Waals surface area contributed by atoms with Gasteiger partial charge in [0.25, 0.3) is 5.91 Å². The lowest BCUT2D eigenvalue weighted by atomic mass is 9.85. The summed E-state index contributed by atoms with van der Waals surface area (Å²) in [5.74, 6) is -1.88. The number of amides is 4. The van der Waals surface area contributed by atoms with Crippen LogP contribution in [0.5, 0.6) is 17.4 Å². The van der Waals surface area contributed by atoms with E-state index < -0.39 is 74.1 Å². The molecule has 1 aromatic heterocycles. The number of aromatic nitrogens is 1. The molecule has 3 fully saturated rings. The molecule has 276 valence electrons. The summed E-state index contributed by atoms with van der Waals surface area (Å²) in [4.78, 5) is 61.2. The minimum absolute atomic E-state index is 0.0157. The fraction of sp³-hybridized carbons (Fsp3) is 0.432. The van der Waals surface area contributed by atoms with Crippen LogP contribution in [0.2, 0.25) is 0 Å². The van der Waals surface area contributed by atoms with Crippen molar-refractivity contribution in [3.8, 4) is 17.4 Å². The lowest BCUT2D eigenvalue weighted by molar-refractivity contribution is -0.142. The van der Waals surface area contributed by atoms with Gasteiger partial charge >= 0.3 is 6.09 Å². The summed E-state index contributed by atoms with van der Waals surface area (Å²) >= 11 is 0. The molecule has 2 heterocycles. The highest BCUT2D eigenvalue weighted by Crippen LogP contribution is 2.45. The van der Waals surface area contributed by atoms with Crippen LogP contribution < -0.4 is 29.6 Å². The molecule has 14 nitrogen and oxygen atoms in total. The topological polar surface area (TPSA) is 182 Å². The summed E-state index contributed by atoms with van der Waals surface area (Å²) in [5.41, 5.74) is -2.43. The number of para-hydroxylation sites is 2. The SMILES string of the molecule is C=C[C@@H]1C[C@]1(NC(=O)[C@@H]1C[C@@H](Oc2nccc3ccccc23)CN1C(=O)C(NC(=O)Oc1ccccc1OC)C(C)(C)C)C(=O)NS(=O)(=O)C1CC1. The van der Waals surface area contributed by atoms with E-state index in [4.69, 9.17) is 14.2 Å². The summed E-state index contributed by atoms with van der Waals surface area (Å²) in [6.45, 7) is 8.99. The molecule has 1 unspecified atom stereocenters. The summed E-state index contributed by atoms with van der Waals surface area (Å²) in [5, 5.41) is 6.44. The first kappa shape index (κ1) is 36.6. The van der Waals surface area contributed by atoms with Gasteiger partial charge in [0.2, 0.25) is 27.7 Å². The number of likely N-dealkylation sites (tertiary alicyclic amines) is 1. The highest BCUT2D eigenvalue weighted by Gasteiger charge is 2.62. The van der Waals surface area contributed by atoms with E-state index in [0.717, 1.165) is 10.8 Å². The average Bonchev–Trinajstić information content (AvgIpc) is 4.03. The average molecular weight is 734 g/mol. The molecule has 3 aliphatic rings. The first-order valence-corrected chi connectivity index (χ1v) is 18.6. The zero-order chi connectivity index (χ0) is 37.4. The van der Waals surface area contributed by atoms with Gasteiger partial charge < -0.3 is 29.7 Å². The molecule has 6 rings (SSSR count). The molecule has 3 N–H and O–H groups in total. The monoisotopic (exact) mass is 733 g/mol. The standard InChI is InChI=1S/C37H43N5O9S/c1-6-23-20-37(23,34(45)41-52(47,48)25-15-16-25)40-31(43)27-19-24(50-32-26-12-8-7-11-22(26)17-18-38-32)21-42(27)33(44)30(36(2,3)4)39-35(46)51-29-14-10-9-13-28(29)49-5/h6-14,17-18,23-25,27,30H,1,15-16,19-21H2,2-5H3,(H,39,46)(H,40,43)(H,41,45)/t23-,24-,27+,30?,37-/m1/s1. The number of hydrogen-bond donors (Lipinski definition) is 3. The molecule has 2 aromatic carbocycles. The van der Waals surface area contributed by atoms with E-state index in [1.807, 2.05) is 30.3 Å². The van der Waals surface area contributed by atoms with Crippen LogP contribution in [0.25, 0.3) is 10.8 Å². The number of rotatable bonds is 12. The normalized spacial score (nSPS) is 23.2. The molecule has 0 bridgehead atoms. The first-order valence-electron chi connectivity index (χ1n) is 17.1. The van der Waals surface area contributed by atoms with Gasteiger partial charge in [-0.2, -0.15) is 0 Å². The number of nitrogens with zero attached hydrogens (tertiary/aromatic N) is 2. The quantitative estimate of drug-likeness (QED) is 0.233. The number of carbonyl (C=O) groups is 4. The van der Waals surface area contributed by atoms with Gasteiger partial charge in [-0.3, -0.25) is 19.1 Å². The lowest BCUT2D eigenvalue weighted by Crippen LogP contribution is -2.60. The lowest BCUT2D eigenvalue weighted by Gasteiger charge is -2.35. The Morgan fingerprint density at radius 1 is 1.04 bits per heavy atom. The predicted octanol–water partition coefficient (Wildman–Crippen LogP) is 3.46. The maximum Gasteiger partial charge on any atom is 0.413 e. The van der Waals surface area contributed by atoms with Gasteiger partial charge in [0.05, 0.1) is 18.9 Å². The molecule has 0 spiro atoms. The molecule has 15 heteroatoms. The molecule has 2 aliphatic carbocycles. The number of hydrogen-bond acceptors (Lipinski definition) is 10. The van der Waals surface area contributed by atoms with Crippen molar-refractivity contribution < 1.29 is 41.8 Å². The fourth-order valence-electron chi connectivity index (χ4n) is 6.50. The number of benzene rings is 2. The molecule has 52 heavy (non-hydrogen) atoms. The molecule has 3 aromatic rings. The third kappa shape index (κ3) is 7.54. The van der Waals surface area contributed by atoms with Crippen LogP contribution in [-0.4, -0.2) is 84.7 Å². The maximum atomic E-state index is 14.5. The number of nitrogens with one attached hydrogen (secondary N) is 3. The van der Waals surface area contributed by atoms with Gasteiger partial charge in [0.15, 0.2) is 11.5 Å². The third-order valence-electron chi connectivity index (χ3n) is 9.66. The largest absolute Gasteiger partial charge is 0.493 e. The van der Waals surface area contributed by atoms with Crippen LogP contribution in [-0.2, 0) is 24.4 Å². The van der Waals surface area contributed by atoms with Gasteiger partial charge in [-0.05, 0) is 54.3 Å². The second kappa shape index (κ2) is 14.1. The Balaban J connectivity index is 1.27. The second-order valence-electron chi connectivity index (χ2n) is 14.5. The zero-order valence-corrected chi connectivity index (χ0v) is 30.3. The number of fused-ring (bicyclic) bond motifs is 1. The van der Waals surface area contributed by atoms with E-state index in [9.17, 15) is 27.6 Å². The summed E-state index contributed by atoms with van der Waals surface area (Å²) < 4.78 is 44.6. The molecular formula is C37H43N5O9S. The van der Waals surface area contributed by atoms with Crippen LogP contribution in [0.3, 0.4) is 0 Å². The Hall–Kier alpha value is -5.18. The molecule has 5 atom stereocenters. The van der Waals surface area contributed by atoms with Crippen molar-refractivity contribution in [2.45, 2.75) is 75.4 Å². The van der Waals surface area contributed by atoms with Gasteiger partial charge in [0, 0.05) is 23.9 Å². The second-order valence-corrected chi connectivity index (χ2v) is 16.4. The van der Waals surface area contributed by atoms with Gasteiger partial charge in [0.1, 0.15) is 23.7 Å². The van der Waals surface area contributed by atoms with Crippen molar-refractivity contribution in [3.63, 3.8) is 0 Å². The smallest absolute Gasteiger partial charge is 0.413 e. The third-order valence-corrected chi connectivity index (χ3v) is 11.5. The highest BCUT2D eigenvalue weighted by molar-refractivity contribution is 7.91. The number of pyridine rings is 1. The summed E-state index contributed by atoms with van der Waals surface area (Å²) in [6.07, 6.45) is 2.53. The van der Waals surface area contributed by atoms with Crippen LogP contribution >= 0.6 is 0 Å².